The SMILES string of the molecule is C=C(C)CN1C(=O)N(C)c2ccc(C(=O)NCc3ccc(OC)cc3)cc2S1(=O)=O. The van der Waals surface area contributed by atoms with Crippen LogP contribution in [0.2, 0.25) is 0 Å². The molecule has 1 N–H and O–H groups in total. The lowest BCUT2D eigenvalue weighted by atomic mass is 10.1. The van der Waals surface area contributed by atoms with E-state index < -0.39 is 22.0 Å². The number of carbonyl (C=O) groups is 2. The maximum absolute atomic E-state index is 13.0. The van der Waals surface area contributed by atoms with Gasteiger partial charge in [-0.2, -0.15) is 0 Å². The molecule has 0 saturated carbocycles. The number of nitrogens with one attached hydrogen (secondary N) is 1. The molecule has 30 heavy (non-hydrogen) atoms. The van der Waals surface area contributed by atoms with E-state index in [0.29, 0.717) is 11.3 Å². The summed E-state index contributed by atoms with van der Waals surface area (Å²) in [6, 6.07) is 10.8. The largest absolute Gasteiger partial charge is 0.497 e. The lowest BCUT2D eigenvalue weighted by Gasteiger charge is -2.34. The average Bonchev–Trinajstić information content (AvgIpc) is 2.73. The van der Waals surface area contributed by atoms with E-state index >= 15 is 0 Å². The molecule has 0 fully saturated rings. The molecular weight excluding hydrogens is 406 g/mol. The van der Waals surface area contributed by atoms with Crippen molar-refractivity contribution in [3.05, 3.63) is 65.7 Å². The van der Waals surface area contributed by atoms with Crippen molar-refractivity contribution in [2.24, 2.45) is 0 Å². The van der Waals surface area contributed by atoms with E-state index in [2.05, 4.69) is 11.9 Å². The molecule has 0 saturated heterocycles. The number of hydrogen-bond acceptors (Lipinski definition) is 5. The Labute approximate surface area is 175 Å². The molecule has 1 heterocycles. The first-order chi connectivity index (χ1) is 14.1. The molecule has 2 aromatic carbocycles. The van der Waals surface area contributed by atoms with Gasteiger partial charge in [0.05, 0.1) is 19.3 Å². The van der Waals surface area contributed by atoms with Crippen LogP contribution in [0.4, 0.5) is 10.5 Å². The maximum Gasteiger partial charge on any atom is 0.338 e. The standard InChI is InChI=1S/C21H23N3O5S/c1-14(2)13-24-21(26)23(3)18-10-7-16(11-19(18)30(24,27)28)20(25)22-12-15-5-8-17(29-4)9-6-15/h5-11H,1,12-13H2,2-4H3,(H,22,25). The van der Waals surface area contributed by atoms with Crippen molar-refractivity contribution in [1.82, 2.24) is 9.62 Å². The molecule has 0 unspecified atom stereocenters. The van der Waals surface area contributed by atoms with Crippen LogP contribution in [0.5, 0.6) is 5.75 Å². The van der Waals surface area contributed by atoms with Crippen molar-refractivity contribution in [3.63, 3.8) is 0 Å². The Morgan fingerprint density at radius 2 is 1.83 bits per heavy atom. The summed E-state index contributed by atoms with van der Waals surface area (Å²) in [6.45, 7) is 5.48. The van der Waals surface area contributed by atoms with Gasteiger partial charge in [-0.3, -0.25) is 9.69 Å². The fourth-order valence-electron chi connectivity index (χ4n) is 3.06. The zero-order valence-electron chi connectivity index (χ0n) is 17.0. The third-order valence-corrected chi connectivity index (χ3v) is 6.43. The van der Waals surface area contributed by atoms with E-state index in [0.717, 1.165) is 9.87 Å². The number of fused-ring (bicyclic) bond motifs is 1. The molecule has 158 valence electrons. The molecule has 3 amide bonds. The summed E-state index contributed by atoms with van der Waals surface area (Å²) >= 11 is 0. The first kappa shape index (κ1) is 21.4. The Bertz CT molecular complexity index is 1110. The minimum Gasteiger partial charge on any atom is -0.497 e. The number of anilines is 1. The van der Waals surface area contributed by atoms with Crippen molar-refractivity contribution in [2.45, 2.75) is 18.4 Å². The number of carbonyl (C=O) groups excluding carboxylic acids is 2. The highest BCUT2D eigenvalue weighted by Crippen LogP contribution is 2.34. The molecular formula is C21H23N3O5S. The number of benzene rings is 2. The lowest BCUT2D eigenvalue weighted by molar-refractivity contribution is 0.0950. The summed E-state index contributed by atoms with van der Waals surface area (Å²) < 4.78 is 31.9. The molecule has 0 atom stereocenters. The Hall–Kier alpha value is -3.33. The summed E-state index contributed by atoms with van der Waals surface area (Å²) in [5.41, 5.74) is 1.80. The van der Waals surface area contributed by atoms with Gasteiger partial charge in [-0.1, -0.05) is 24.3 Å². The first-order valence-corrected chi connectivity index (χ1v) is 10.6. The molecule has 0 radical (unpaired) electrons. The second-order valence-corrected chi connectivity index (χ2v) is 8.85. The third kappa shape index (κ3) is 4.02. The van der Waals surface area contributed by atoms with Crippen LogP contribution < -0.4 is 15.0 Å². The van der Waals surface area contributed by atoms with Gasteiger partial charge in [0.15, 0.2) is 0 Å². The Balaban J connectivity index is 1.86. The normalized spacial score (nSPS) is 14.8. The number of hydrogen-bond donors (Lipinski definition) is 1. The third-order valence-electron chi connectivity index (χ3n) is 4.68. The van der Waals surface area contributed by atoms with Crippen molar-refractivity contribution in [3.8, 4) is 5.75 Å². The molecule has 3 rings (SSSR count). The quantitative estimate of drug-likeness (QED) is 0.713. The average molecular weight is 429 g/mol. The van der Waals surface area contributed by atoms with Crippen LogP contribution in [-0.4, -0.2) is 45.4 Å². The van der Waals surface area contributed by atoms with Gasteiger partial charge in [-0.15, -0.1) is 0 Å². The molecule has 0 bridgehead atoms. The van der Waals surface area contributed by atoms with E-state index in [1.807, 2.05) is 12.1 Å². The monoisotopic (exact) mass is 429 g/mol. The highest BCUT2D eigenvalue weighted by Gasteiger charge is 2.40. The highest BCUT2D eigenvalue weighted by molar-refractivity contribution is 7.90. The van der Waals surface area contributed by atoms with Gasteiger partial charge in [0.1, 0.15) is 10.6 Å². The smallest absolute Gasteiger partial charge is 0.338 e. The highest BCUT2D eigenvalue weighted by atomic mass is 32.2. The zero-order valence-corrected chi connectivity index (χ0v) is 17.8. The molecule has 9 heteroatoms. The molecule has 2 aromatic rings. The van der Waals surface area contributed by atoms with E-state index in [4.69, 9.17) is 4.74 Å². The Morgan fingerprint density at radius 3 is 2.43 bits per heavy atom. The van der Waals surface area contributed by atoms with Gasteiger partial charge >= 0.3 is 6.03 Å². The first-order valence-electron chi connectivity index (χ1n) is 9.15. The lowest BCUT2D eigenvalue weighted by Crippen LogP contribution is -2.49. The van der Waals surface area contributed by atoms with Gasteiger partial charge < -0.3 is 10.1 Å². The molecule has 1 aliphatic rings. The molecule has 0 aliphatic carbocycles. The van der Waals surface area contributed by atoms with Gasteiger partial charge in [0.2, 0.25) is 0 Å². The van der Waals surface area contributed by atoms with Crippen molar-refractivity contribution in [2.75, 3.05) is 25.6 Å². The number of ether oxygens (including phenoxy) is 1. The summed E-state index contributed by atoms with van der Waals surface area (Å²) in [4.78, 5) is 26.3. The number of rotatable bonds is 6. The number of methoxy groups -OCH3 is 1. The summed E-state index contributed by atoms with van der Waals surface area (Å²) in [6.07, 6.45) is 0. The van der Waals surface area contributed by atoms with Crippen LogP contribution >= 0.6 is 0 Å². The second-order valence-electron chi connectivity index (χ2n) is 7.02. The zero-order chi connectivity index (χ0) is 22.1. The second kappa shape index (κ2) is 8.19. The molecule has 8 nitrogen and oxygen atoms in total. The van der Waals surface area contributed by atoms with Crippen LogP contribution in [0.1, 0.15) is 22.8 Å². The van der Waals surface area contributed by atoms with E-state index in [-0.39, 0.29) is 29.2 Å². The molecule has 0 aromatic heterocycles. The van der Waals surface area contributed by atoms with Crippen LogP contribution in [0, 0.1) is 0 Å². The van der Waals surface area contributed by atoms with E-state index in [9.17, 15) is 18.0 Å². The number of amides is 3. The fraction of sp³-hybridized carbons (Fsp3) is 0.238. The van der Waals surface area contributed by atoms with Crippen molar-refractivity contribution in [1.29, 1.82) is 0 Å². The van der Waals surface area contributed by atoms with E-state index in [1.54, 1.807) is 26.2 Å². The van der Waals surface area contributed by atoms with E-state index in [1.165, 1.54) is 30.1 Å². The molecule has 1 aliphatic heterocycles. The summed E-state index contributed by atoms with van der Waals surface area (Å²) in [5.74, 6) is 0.290. The fourth-order valence-corrected chi connectivity index (χ4v) is 4.76. The van der Waals surface area contributed by atoms with Crippen molar-refractivity contribution < 1.29 is 22.7 Å². The predicted molar refractivity (Wildman–Crippen MR) is 113 cm³/mol. The maximum atomic E-state index is 13.0. The number of sulfonamides is 1. The van der Waals surface area contributed by atoms with Crippen LogP contribution in [-0.2, 0) is 16.6 Å². The summed E-state index contributed by atoms with van der Waals surface area (Å²) in [7, 11) is -1.04. The van der Waals surface area contributed by atoms with Crippen molar-refractivity contribution >= 4 is 27.6 Å². The van der Waals surface area contributed by atoms with Crippen LogP contribution in [0.25, 0.3) is 0 Å². The van der Waals surface area contributed by atoms with Crippen LogP contribution in [0.15, 0.2) is 59.5 Å². The molecule has 0 spiro atoms. The van der Waals surface area contributed by atoms with Gasteiger partial charge in [0.25, 0.3) is 15.9 Å². The predicted octanol–water partition coefficient (Wildman–Crippen LogP) is 2.76. The minimum atomic E-state index is -4.10. The van der Waals surface area contributed by atoms with Crippen LogP contribution in [0.3, 0.4) is 0 Å². The summed E-state index contributed by atoms with van der Waals surface area (Å²) in [5, 5.41) is 2.77. The minimum absolute atomic E-state index is 0.0945. The van der Waals surface area contributed by atoms with Gasteiger partial charge in [0, 0.05) is 19.2 Å². The Kier molecular flexibility index (Phi) is 5.84. The van der Waals surface area contributed by atoms with Gasteiger partial charge in [-0.05, 0) is 42.8 Å². The Morgan fingerprint density at radius 1 is 1.17 bits per heavy atom. The number of urea groups is 1. The topological polar surface area (TPSA) is 96.0 Å². The number of nitrogens with zero attached hydrogens (tertiary/aromatic N) is 2. The van der Waals surface area contributed by atoms with Gasteiger partial charge in [-0.25, -0.2) is 17.5 Å².